The van der Waals surface area contributed by atoms with E-state index in [0.717, 1.165) is 0 Å². The Morgan fingerprint density at radius 3 is 2.32 bits per heavy atom. The van der Waals surface area contributed by atoms with Crippen molar-refractivity contribution in [1.29, 1.82) is 0 Å². The zero-order valence-electron chi connectivity index (χ0n) is 11.6. The molecule has 0 heterocycles. The van der Waals surface area contributed by atoms with Crippen molar-refractivity contribution in [2.75, 3.05) is 0 Å². The molecule has 2 N–H and O–H groups in total. The molecule has 0 aromatic heterocycles. The van der Waals surface area contributed by atoms with Crippen molar-refractivity contribution >= 4 is 11.8 Å². The van der Waals surface area contributed by atoms with Crippen LogP contribution in [0.4, 0.5) is 4.39 Å². The van der Waals surface area contributed by atoms with E-state index in [1.54, 1.807) is 13.8 Å². The van der Waals surface area contributed by atoms with Crippen LogP contribution in [0.5, 0.6) is 0 Å². The van der Waals surface area contributed by atoms with Crippen LogP contribution in [0.15, 0.2) is 18.2 Å². The fraction of sp³-hybridized carbons (Fsp3) is 0.429. The minimum absolute atomic E-state index is 0.0138. The van der Waals surface area contributed by atoms with E-state index >= 15 is 0 Å². The van der Waals surface area contributed by atoms with Crippen molar-refractivity contribution in [2.45, 2.75) is 39.8 Å². The van der Waals surface area contributed by atoms with Gasteiger partial charge in [0.05, 0.1) is 0 Å². The van der Waals surface area contributed by atoms with E-state index in [1.807, 2.05) is 13.8 Å². The topological polar surface area (TPSA) is 58.2 Å². The Labute approximate surface area is 112 Å². The van der Waals surface area contributed by atoms with Crippen LogP contribution in [0.2, 0.25) is 0 Å². The summed E-state index contributed by atoms with van der Waals surface area (Å²) in [5.41, 5.74) is 0.732. The number of rotatable bonds is 4. The third-order valence-electron chi connectivity index (χ3n) is 2.59. The van der Waals surface area contributed by atoms with Gasteiger partial charge in [0, 0.05) is 11.6 Å². The van der Waals surface area contributed by atoms with Crippen molar-refractivity contribution in [1.82, 2.24) is 10.6 Å². The molecule has 0 saturated carbocycles. The molecule has 5 heteroatoms. The van der Waals surface area contributed by atoms with Gasteiger partial charge in [-0.05, 0) is 51.5 Å². The summed E-state index contributed by atoms with van der Waals surface area (Å²) in [6.07, 6.45) is 0. The Balaban J connectivity index is 2.68. The zero-order valence-corrected chi connectivity index (χ0v) is 11.6. The first-order valence-electron chi connectivity index (χ1n) is 6.18. The Hall–Kier alpha value is -1.91. The first kappa shape index (κ1) is 15.1. The molecule has 0 aliphatic heterocycles. The van der Waals surface area contributed by atoms with Gasteiger partial charge >= 0.3 is 0 Å². The second kappa shape index (κ2) is 6.31. The molecule has 1 aromatic carbocycles. The highest BCUT2D eigenvalue weighted by atomic mass is 19.1. The molecule has 1 unspecified atom stereocenters. The number of hydrogen-bond donors (Lipinski definition) is 2. The summed E-state index contributed by atoms with van der Waals surface area (Å²) in [4.78, 5) is 23.6. The van der Waals surface area contributed by atoms with Crippen molar-refractivity contribution < 1.29 is 14.0 Å². The quantitative estimate of drug-likeness (QED) is 0.872. The molecule has 19 heavy (non-hydrogen) atoms. The number of carbonyl (C=O) groups excluding carboxylic acids is 2. The minimum Gasteiger partial charge on any atom is -0.352 e. The smallest absolute Gasteiger partial charge is 0.251 e. The highest BCUT2D eigenvalue weighted by Gasteiger charge is 2.17. The fourth-order valence-corrected chi connectivity index (χ4v) is 1.54. The van der Waals surface area contributed by atoms with E-state index in [2.05, 4.69) is 10.6 Å². The van der Waals surface area contributed by atoms with Crippen LogP contribution in [0.1, 0.15) is 36.7 Å². The molecule has 1 aromatic rings. The Morgan fingerprint density at radius 2 is 1.79 bits per heavy atom. The lowest BCUT2D eigenvalue weighted by Gasteiger charge is -2.16. The van der Waals surface area contributed by atoms with Crippen LogP contribution in [0.3, 0.4) is 0 Å². The summed E-state index contributed by atoms with van der Waals surface area (Å²) in [6, 6.07) is 3.46. The van der Waals surface area contributed by atoms with Gasteiger partial charge in [-0.15, -0.1) is 0 Å². The summed E-state index contributed by atoms with van der Waals surface area (Å²) in [5, 5.41) is 5.28. The van der Waals surface area contributed by atoms with Crippen LogP contribution in [-0.2, 0) is 4.79 Å². The van der Waals surface area contributed by atoms with Crippen LogP contribution >= 0.6 is 0 Å². The minimum atomic E-state index is -0.639. The fourth-order valence-electron chi connectivity index (χ4n) is 1.54. The van der Waals surface area contributed by atoms with Gasteiger partial charge in [-0.25, -0.2) is 4.39 Å². The molecule has 1 atom stereocenters. The van der Waals surface area contributed by atoms with Gasteiger partial charge in [-0.2, -0.15) is 0 Å². The molecule has 0 spiro atoms. The second-order valence-corrected chi connectivity index (χ2v) is 4.82. The standard InChI is InChI=1S/C14H19FN2O2/c1-8(2)16-13(18)10(4)17-14(19)11-5-6-12(15)9(3)7-11/h5-8,10H,1-4H3,(H,16,18)(H,17,19). The van der Waals surface area contributed by atoms with Crippen LogP contribution in [0.25, 0.3) is 0 Å². The normalized spacial score (nSPS) is 12.1. The maximum Gasteiger partial charge on any atom is 0.251 e. The van der Waals surface area contributed by atoms with Gasteiger partial charge in [0.2, 0.25) is 5.91 Å². The van der Waals surface area contributed by atoms with Gasteiger partial charge in [-0.3, -0.25) is 9.59 Å². The summed E-state index contributed by atoms with van der Waals surface area (Å²) in [6.45, 7) is 6.87. The highest BCUT2D eigenvalue weighted by Crippen LogP contribution is 2.09. The molecule has 0 bridgehead atoms. The Kier molecular flexibility index (Phi) is 5.03. The average Bonchev–Trinajstić information content (AvgIpc) is 2.31. The molecule has 104 valence electrons. The molecular weight excluding hydrogens is 247 g/mol. The molecule has 0 fully saturated rings. The van der Waals surface area contributed by atoms with E-state index in [0.29, 0.717) is 11.1 Å². The molecule has 2 amide bonds. The van der Waals surface area contributed by atoms with Crippen molar-refractivity contribution in [3.63, 3.8) is 0 Å². The van der Waals surface area contributed by atoms with Gasteiger partial charge in [0.1, 0.15) is 11.9 Å². The molecule has 4 nitrogen and oxygen atoms in total. The molecule has 0 aliphatic carbocycles. The first-order chi connectivity index (χ1) is 8.81. The average molecular weight is 266 g/mol. The van der Waals surface area contributed by atoms with Crippen molar-refractivity contribution in [3.8, 4) is 0 Å². The number of benzene rings is 1. The van der Waals surface area contributed by atoms with E-state index in [1.165, 1.54) is 18.2 Å². The van der Waals surface area contributed by atoms with Crippen molar-refractivity contribution in [2.24, 2.45) is 0 Å². The first-order valence-corrected chi connectivity index (χ1v) is 6.18. The van der Waals surface area contributed by atoms with Crippen LogP contribution in [-0.4, -0.2) is 23.9 Å². The van der Waals surface area contributed by atoms with Crippen LogP contribution in [0, 0.1) is 12.7 Å². The summed E-state index contributed by atoms with van der Waals surface area (Å²) in [7, 11) is 0. The number of hydrogen-bond acceptors (Lipinski definition) is 2. The van der Waals surface area contributed by atoms with Gasteiger partial charge < -0.3 is 10.6 Å². The van der Waals surface area contributed by atoms with Crippen LogP contribution < -0.4 is 10.6 Å². The van der Waals surface area contributed by atoms with E-state index in [-0.39, 0.29) is 17.8 Å². The lowest BCUT2D eigenvalue weighted by atomic mass is 10.1. The lowest BCUT2D eigenvalue weighted by Crippen LogP contribution is -2.46. The summed E-state index contributed by atoms with van der Waals surface area (Å²) < 4.78 is 13.1. The monoisotopic (exact) mass is 266 g/mol. The highest BCUT2D eigenvalue weighted by molar-refractivity contribution is 5.97. The van der Waals surface area contributed by atoms with E-state index < -0.39 is 11.9 Å². The molecule has 0 saturated heterocycles. The second-order valence-electron chi connectivity index (χ2n) is 4.82. The predicted octanol–water partition coefficient (Wildman–Crippen LogP) is 1.78. The van der Waals surface area contributed by atoms with E-state index in [4.69, 9.17) is 0 Å². The zero-order chi connectivity index (χ0) is 14.6. The number of carbonyl (C=O) groups is 2. The van der Waals surface area contributed by atoms with E-state index in [9.17, 15) is 14.0 Å². The number of aryl methyl sites for hydroxylation is 1. The summed E-state index contributed by atoms with van der Waals surface area (Å²) in [5.74, 6) is -1.00. The predicted molar refractivity (Wildman–Crippen MR) is 71.3 cm³/mol. The largest absolute Gasteiger partial charge is 0.352 e. The van der Waals surface area contributed by atoms with Gasteiger partial charge in [-0.1, -0.05) is 0 Å². The Bertz CT molecular complexity index is 486. The molecule has 1 rings (SSSR count). The molecule has 0 radical (unpaired) electrons. The molecular formula is C14H19FN2O2. The van der Waals surface area contributed by atoms with Gasteiger partial charge in [0.25, 0.3) is 5.91 Å². The van der Waals surface area contributed by atoms with Crippen molar-refractivity contribution in [3.05, 3.63) is 35.1 Å². The Morgan fingerprint density at radius 1 is 1.16 bits per heavy atom. The lowest BCUT2D eigenvalue weighted by molar-refractivity contribution is -0.123. The number of amides is 2. The SMILES string of the molecule is Cc1cc(C(=O)NC(C)C(=O)NC(C)C)ccc1F. The number of halogens is 1. The molecule has 0 aliphatic rings. The summed E-state index contributed by atoms with van der Waals surface area (Å²) >= 11 is 0. The third-order valence-corrected chi connectivity index (χ3v) is 2.59. The van der Waals surface area contributed by atoms with Gasteiger partial charge in [0.15, 0.2) is 0 Å². The third kappa shape index (κ3) is 4.35. The number of nitrogens with one attached hydrogen (secondary N) is 2. The maximum atomic E-state index is 13.1. The maximum absolute atomic E-state index is 13.1.